The predicted molar refractivity (Wildman–Crippen MR) is 178 cm³/mol. The van der Waals surface area contributed by atoms with E-state index in [1.807, 2.05) is 24.3 Å². The molecule has 46 heavy (non-hydrogen) atoms. The van der Waals surface area contributed by atoms with Crippen molar-refractivity contribution in [3.05, 3.63) is 89.7 Å². The Labute approximate surface area is 271 Å². The number of aryl methyl sites for hydroxylation is 1. The lowest BCUT2D eigenvalue weighted by atomic mass is 9.94. The maximum atomic E-state index is 13.2. The maximum absolute atomic E-state index is 13.2. The van der Waals surface area contributed by atoms with E-state index in [1.165, 1.54) is 46.4 Å². The minimum Gasteiger partial charge on any atom is -0.406 e. The van der Waals surface area contributed by atoms with E-state index in [0.29, 0.717) is 30.3 Å². The van der Waals surface area contributed by atoms with Crippen LogP contribution in [0.5, 0.6) is 5.75 Å². The number of amides is 1. The number of ether oxygens (including phenoxy) is 1. The monoisotopic (exact) mass is 649 g/mol. The smallest absolute Gasteiger partial charge is 0.406 e. The van der Waals surface area contributed by atoms with Crippen LogP contribution in [0.15, 0.2) is 78.0 Å². The average Bonchev–Trinajstić information content (AvgIpc) is 3.50. The standard InChI is InChI=1S/C35H38F3N5O2S/c1-22(2)32-24(4)7-6-8-30(32)43-25(5)19-20-46-34(43)40-31(44)18-9-23(3)26-10-12-27(13-11-26)33-39-21-42(41-33)28-14-16-29(17-15-28)45-35(36,37)38/h6-8,10-17,21-23,25H,9,18-20H2,1-5H3. The summed E-state index contributed by atoms with van der Waals surface area (Å²) in [6.45, 7) is 10.8. The molecular formula is C35H38F3N5O2S. The highest BCUT2D eigenvalue weighted by molar-refractivity contribution is 8.14. The van der Waals surface area contributed by atoms with Crippen molar-refractivity contribution in [3.8, 4) is 22.8 Å². The molecule has 1 saturated heterocycles. The van der Waals surface area contributed by atoms with Crippen LogP contribution >= 0.6 is 11.8 Å². The molecule has 2 unspecified atom stereocenters. The molecule has 1 aliphatic rings. The summed E-state index contributed by atoms with van der Waals surface area (Å²) in [5, 5.41) is 5.26. The topological polar surface area (TPSA) is 72.6 Å². The van der Waals surface area contributed by atoms with E-state index < -0.39 is 6.36 Å². The van der Waals surface area contributed by atoms with Crippen molar-refractivity contribution in [1.29, 1.82) is 0 Å². The van der Waals surface area contributed by atoms with E-state index in [4.69, 9.17) is 0 Å². The molecule has 0 bridgehead atoms. The van der Waals surface area contributed by atoms with Gasteiger partial charge in [0.05, 0.1) is 5.69 Å². The lowest BCUT2D eigenvalue weighted by Crippen LogP contribution is -2.42. The van der Waals surface area contributed by atoms with Crippen molar-refractivity contribution >= 4 is 28.5 Å². The third-order valence-corrected chi connectivity index (χ3v) is 9.11. The molecule has 0 radical (unpaired) electrons. The number of carbonyl (C=O) groups is 1. The second-order valence-electron chi connectivity index (χ2n) is 11.9. The second kappa shape index (κ2) is 14.1. The normalized spacial score (nSPS) is 17.0. The molecule has 2 heterocycles. The Balaban J connectivity index is 1.22. The number of benzene rings is 3. The number of hydrogen-bond acceptors (Lipinski definition) is 5. The number of thioether (sulfide) groups is 1. The number of anilines is 1. The summed E-state index contributed by atoms with van der Waals surface area (Å²) >= 11 is 1.65. The van der Waals surface area contributed by atoms with Crippen molar-refractivity contribution in [2.45, 2.75) is 78.1 Å². The van der Waals surface area contributed by atoms with Crippen LogP contribution in [0.3, 0.4) is 0 Å². The van der Waals surface area contributed by atoms with Gasteiger partial charge in [0.1, 0.15) is 12.1 Å². The molecule has 0 spiro atoms. The number of aliphatic imine (C=N–C) groups is 1. The SMILES string of the molecule is Cc1cccc(N2C(=NC(=O)CCC(C)c3ccc(-c4ncn(-c5ccc(OC(F)(F)F)cc5)n4)cc3)SCCC2C)c1C(C)C. The number of alkyl halides is 3. The zero-order valence-corrected chi connectivity index (χ0v) is 27.4. The quantitative estimate of drug-likeness (QED) is 0.180. The molecule has 1 aliphatic heterocycles. The van der Waals surface area contributed by atoms with Crippen molar-refractivity contribution in [2.75, 3.05) is 10.7 Å². The Kier molecular flexibility index (Phi) is 10.2. The van der Waals surface area contributed by atoms with Crippen LogP contribution in [0.25, 0.3) is 17.1 Å². The summed E-state index contributed by atoms with van der Waals surface area (Å²) in [4.78, 5) is 24.4. The van der Waals surface area contributed by atoms with E-state index in [2.05, 4.69) is 77.5 Å². The number of rotatable bonds is 9. The zero-order chi connectivity index (χ0) is 33.0. The molecule has 1 aromatic heterocycles. The summed E-state index contributed by atoms with van der Waals surface area (Å²) < 4.78 is 42.8. The van der Waals surface area contributed by atoms with Crippen LogP contribution in [0.2, 0.25) is 0 Å². The highest BCUT2D eigenvalue weighted by Gasteiger charge is 2.31. The van der Waals surface area contributed by atoms with Gasteiger partial charge < -0.3 is 9.64 Å². The van der Waals surface area contributed by atoms with Gasteiger partial charge in [-0.05, 0) is 85.5 Å². The molecule has 0 N–H and O–H groups in total. The molecule has 1 amide bonds. The number of nitrogens with zero attached hydrogens (tertiary/aromatic N) is 5. The minimum atomic E-state index is -4.75. The van der Waals surface area contributed by atoms with Crippen molar-refractivity contribution in [2.24, 2.45) is 4.99 Å². The molecule has 4 aromatic rings. The van der Waals surface area contributed by atoms with Gasteiger partial charge in [-0.15, -0.1) is 18.3 Å². The number of amidine groups is 1. The Morgan fingerprint density at radius 3 is 2.46 bits per heavy atom. The van der Waals surface area contributed by atoms with Gasteiger partial charge in [-0.1, -0.05) is 68.9 Å². The first kappa shape index (κ1) is 33.2. The van der Waals surface area contributed by atoms with Crippen LogP contribution in [0.4, 0.5) is 18.9 Å². The second-order valence-corrected chi connectivity index (χ2v) is 13.0. The lowest BCUT2D eigenvalue weighted by molar-refractivity contribution is -0.274. The summed E-state index contributed by atoms with van der Waals surface area (Å²) in [6, 6.07) is 19.9. The van der Waals surface area contributed by atoms with Crippen LogP contribution in [-0.2, 0) is 4.79 Å². The molecule has 0 aliphatic carbocycles. The van der Waals surface area contributed by atoms with Gasteiger partial charge in [-0.3, -0.25) is 4.79 Å². The summed E-state index contributed by atoms with van der Waals surface area (Å²) in [5.41, 5.74) is 6.13. The van der Waals surface area contributed by atoms with Gasteiger partial charge in [0.25, 0.3) is 0 Å². The largest absolute Gasteiger partial charge is 0.573 e. The van der Waals surface area contributed by atoms with Crippen LogP contribution in [0, 0.1) is 6.92 Å². The fourth-order valence-electron chi connectivity index (χ4n) is 5.71. The van der Waals surface area contributed by atoms with E-state index in [0.717, 1.165) is 34.2 Å². The molecule has 5 rings (SSSR count). The maximum Gasteiger partial charge on any atom is 0.573 e. The summed E-state index contributed by atoms with van der Waals surface area (Å²) in [6.07, 6.45) is -1.20. The van der Waals surface area contributed by atoms with Crippen LogP contribution < -0.4 is 9.64 Å². The third-order valence-electron chi connectivity index (χ3n) is 8.13. The minimum absolute atomic E-state index is 0.114. The van der Waals surface area contributed by atoms with E-state index >= 15 is 0 Å². The average molecular weight is 650 g/mol. The molecular weight excluding hydrogens is 611 g/mol. The number of aromatic nitrogens is 3. The Morgan fingerprint density at radius 1 is 1.07 bits per heavy atom. The number of halogens is 3. The van der Waals surface area contributed by atoms with Gasteiger partial charge >= 0.3 is 6.36 Å². The van der Waals surface area contributed by atoms with E-state index in [-0.39, 0.29) is 23.6 Å². The van der Waals surface area contributed by atoms with E-state index in [1.54, 1.807) is 11.8 Å². The van der Waals surface area contributed by atoms with Gasteiger partial charge in [0.15, 0.2) is 11.0 Å². The fourth-order valence-corrected chi connectivity index (χ4v) is 6.94. The third kappa shape index (κ3) is 7.99. The van der Waals surface area contributed by atoms with Gasteiger partial charge in [-0.25, -0.2) is 9.67 Å². The highest BCUT2D eigenvalue weighted by Crippen LogP contribution is 2.36. The molecule has 3 aromatic carbocycles. The number of carbonyl (C=O) groups excluding carboxylic acids is 1. The molecule has 1 fully saturated rings. The molecule has 242 valence electrons. The fraction of sp³-hybridized carbons (Fsp3) is 0.371. The summed E-state index contributed by atoms with van der Waals surface area (Å²) in [5.74, 6) is 1.50. The van der Waals surface area contributed by atoms with Crippen LogP contribution in [-0.4, -0.2) is 44.0 Å². The van der Waals surface area contributed by atoms with Crippen LogP contribution in [0.1, 0.15) is 75.5 Å². The predicted octanol–water partition coefficient (Wildman–Crippen LogP) is 9.06. The first-order valence-corrected chi connectivity index (χ1v) is 16.4. The Hall–Kier alpha value is -4.12. The van der Waals surface area contributed by atoms with Crippen molar-refractivity contribution in [1.82, 2.24) is 14.8 Å². The van der Waals surface area contributed by atoms with E-state index in [9.17, 15) is 18.0 Å². The van der Waals surface area contributed by atoms with Crippen molar-refractivity contribution in [3.63, 3.8) is 0 Å². The Bertz CT molecular complexity index is 1680. The Morgan fingerprint density at radius 2 is 1.78 bits per heavy atom. The number of hydrogen-bond donors (Lipinski definition) is 0. The van der Waals surface area contributed by atoms with Gasteiger partial charge in [0.2, 0.25) is 5.91 Å². The molecule has 11 heteroatoms. The first-order valence-electron chi connectivity index (χ1n) is 15.4. The molecule has 2 atom stereocenters. The highest BCUT2D eigenvalue weighted by atomic mass is 32.2. The van der Waals surface area contributed by atoms with Crippen molar-refractivity contribution < 1.29 is 22.7 Å². The molecule has 0 saturated carbocycles. The lowest BCUT2D eigenvalue weighted by Gasteiger charge is -2.37. The van der Waals surface area contributed by atoms with Gasteiger partial charge in [-0.2, -0.15) is 4.99 Å². The molecule has 7 nitrogen and oxygen atoms in total. The first-order chi connectivity index (χ1) is 21.9. The zero-order valence-electron chi connectivity index (χ0n) is 26.6. The summed E-state index contributed by atoms with van der Waals surface area (Å²) in [7, 11) is 0. The van der Waals surface area contributed by atoms with Gasteiger partial charge in [0, 0.05) is 29.5 Å².